The van der Waals surface area contributed by atoms with Crippen molar-refractivity contribution in [3.8, 4) is 0 Å². The first-order valence-corrected chi connectivity index (χ1v) is 8.57. The Morgan fingerprint density at radius 2 is 1.70 bits per heavy atom. The highest BCUT2D eigenvalue weighted by molar-refractivity contribution is 5.70. The summed E-state index contributed by atoms with van der Waals surface area (Å²) in [6, 6.07) is 0. The molecule has 4 bridgehead atoms. The molecule has 20 heavy (non-hydrogen) atoms. The standard InChI is InChI=1S/C17H27NO2/c19-16(20)15-1-3-18(11-15)4-2-17-8-12-5-13(9-17)7-14(6-12)10-17/h12-15H,1-11H2,(H,19,20). The van der Waals surface area contributed by atoms with Crippen LogP contribution in [-0.4, -0.2) is 35.6 Å². The van der Waals surface area contributed by atoms with E-state index in [0.717, 1.165) is 43.8 Å². The van der Waals surface area contributed by atoms with Crippen LogP contribution in [0, 0.1) is 29.1 Å². The van der Waals surface area contributed by atoms with E-state index < -0.39 is 5.97 Å². The number of carbonyl (C=O) groups is 1. The lowest BCUT2D eigenvalue weighted by atomic mass is 9.49. The third kappa shape index (κ3) is 2.28. The van der Waals surface area contributed by atoms with Crippen LogP contribution in [0.25, 0.3) is 0 Å². The molecule has 0 amide bonds. The molecule has 3 heteroatoms. The SMILES string of the molecule is O=C(O)C1CCN(CCC23CC4CC(CC(C4)C2)C3)C1. The smallest absolute Gasteiger partial charge is 0.307 e. The summed E-state index contributed by atoms with van der Waals surface area (Å²) >= 11 is 0. The molecule has 4 saturated carbocycles. The van der Waals surface area contributed by atoms with E-state index in [4.69, 9.17) is 5.11 Å². The van der Waals surface area contributed by atoms with E-state index >= 15 is 0 Å². The molecule has 1 unspecified atom stereocenters. The van der Waals surface area contributed by atoms with Crippen LogP contribution in [0.4, 0.5) is 0 Å². The third-order valence-corrected chi connectivity index (χ3v) is 6.75. The van der Waals surface area contributed by atoms with Gasteiger partial charge in [-0.2, -0.15) is 0 Å². The molecule has 0 aromatic heterocycles. The van der Waals surface area contributed by atoms with E-state index in [1.165, 1.54) is 44.9 Å². The number of aliphatic carboxylic acids is 1. The quantitative estimate of drug-likeness (QED) is 0.859. The average Bonchev–Trinajstić information content (AvgIpc) is 2.84. The van der Waals surface area contributed by atoms with E-state index in [0.29, 0.717) is 5.41 Å². The highest BCUT2D eigenvalue weighted by atomic mass is 16.4. The Morgan fingerprint density at radius 3 is 2.20 bits per heavy atom. The first-order chi connectivity index (χ1) is 9.62. The van der Waals surface area contributed by atoms with Crippen LogP contribution in [0.2, 0.25) is 0 Å². The topological polar surface area (TPSA) is 40.5 Å². The summed E-state index contributed by atoms with van der Waals surface area (Å²) < 4.78 is 0. The molecule has 5 fully saturated rings. The van der Waals surface area contributed by atoms with E-state index in [1.807, 2.05) is 0 Å². The second-order valence-corrected chi connectivity index (χ2v) is 8.29. The second-order valence-electron chi connectivity index (χ2n) is 8.29. The van der Waals surface area contributed by atoms with Crippen LogP contribution in [0.15, 0.2) is 0 Å². The Balaban J connectivity index is 1.35. The Bertz CT molecular complexity index is 371. The van der Waals surface area contributed by atoms with Gasteiger partial charge in [0.2, 0.25) is 0 Å². The first-order valence-electron chi connectivity index (χ1n) is 8.57. The van der Waals surface area contributed by atoms with Gasteiger partial charge < -0.3 is 10.0 Å². The van der Waals surface area contributed by atoms with Gasteiger partial charge in [0.1, 0.15) is 0 Å². The Morgan fingerprint density at radius 1 is 1.10 bits per heavy atom. The van der Waals surface area contributed by atoms with Crippen LogP contribution in [0.1, 0.15) is 51.4 Å². The number of carboxylic acids is 1. The normalized spacial score (nSPS) is 47.0. The summed E-state index contributed by atoms with van der Waals surface area (Å²) in [5.74, 6) is 2.40. The summed E-state index contributed by atoms with van der Waals surface area (Å²) in [6.07, 6.45) is 11.2. The predicted molar refractivity (Wildman–Crippen MR) is 77.4 cm³/mol. The number of nitrogens with zero attached hydrogens (tertiary/aromatic N) is 1. The molecule has 0 aromatic rings. The first kappa shape index (κ1) is 13.1. The number of rotatable bonds is 4. The van der Waals surface area contributed by atoms with E-state index in [9.17, 15) is 4.79 Å². The summed E-state index contributed by atoms with van der Waals surface area (Å²) in [7, 11) is 0. The Labute approximate surface area is 121 Å². The van der Waals surface area contributed by atoms with Crippen LogP contribution in [0.3, 0.4) is 0 Å². The van der Waals surface area contributed by atoms with Gasteiger partial charge in [0.05, 0.1) is 5.92 Å². The molecule has 0 radical (unpaired) electrons. The minimum absolute atomic E-state index is 0.105. The van der Waals surface area contributed by atoms with Crippen molar-refractivity contribution >= 4 is 5.97 Å². The molecule has 1 atom stereocenters. The monoisotopic (exact) mass is 277 g/mol. The van der Waals surface area contributed by atoms with Crippen LogP contribution in [0.5, 0.6) is 0 Å². The second kappa shape index (κ2) is 4.72. The fourth-order valence-electron chi connectivity index (χ4n) is 6.23. The Kier molecular flexibility index (Phi) is 3.10. The lowest BCUT2D eigenvalue weighted by molar-refractivity contribution is -0.141. The molecule has 3 nitrogen and oxygen atoms in total. The van der Waals surface area contributed by atoms with Gasteiger partial charge in [0.25, 0.3) is 0 Å². The molecule has 0 aromatic carbocycles. The van der Waals surface area contributed by atoms with Crippen molar-refractivity contribution in [1.29, 1.82) is 0 Å². The number of carboxylic acid groups (broad SMARTS) is 1. The van der Waals surface area contributed by atoms with E-state index in [1.54, 1.807) is 0 Å². The molecular formula is C17H27NO2. The van der Waals surface area contributed by atoms with Gasteiger partial charge in [-0.3, -0.25) is 4.79 Å². The molecular weight excluding hydrogens is 250 g/mol. The van der Waals surface area contributed by atoms with Crippen LogP contribution >= 0.6 is 0 Å². The molecule has 1 N–H and O–H groups in total. The summed E-state index contributed by atoms with van der Waals surface area (Å²) in [6.45, 7) is 2.95. The van der Waals surface area contributed by atoms with Gasteiger partial charge in [-0.25, -0.2) is 0 Å². The molecule has 4 aliphatic carbocycles. The molecule has 112 valence electrons. The van der Waals surface area contributed by atoms with Crippen molar-refractivity contribution in [3.05, 3.63) is 0 Å². The minimum Gasteiger partial charge on any atom is -0.481 e. The average molecular weight is 277 g/mol. The minimum atomic E-state index is -0.595. The van der Waals surface area contributed by atoms with Crippen molar-refractivity contribution in [2.75, 3.05) is 19.6 Å². The third-order valence-electron chi connectivity index (χ3n) is 6.75. The zero-order chi connectivity index (χ0) is 13.7. The van der Waals surface area contributed by atoms with Crippen molar-refractivity contribution in [2.24, 2.45) is 29.1 Å². The predicted octanol–water partition coefficient (Wildman–Crippen LogP) is 3.00. The zero-order valence-corrected chi connectivity index (χ0v) is 12.4. The zero-order valence-electron chi connectivity index (χ0n) is 12.4. The molecule has 5 aliphatic rings. The molecule has 1 aliphatic heterocycles. The summed E-state index contributed by atoms with van der Waals surface area (Å²) in [4.78, 5) is 13.5. The van der Waals surface area contributed by atoms with Gasteiger partial charge in [-0.1, -0.05) is 0 Å². The Hall–Kier alpha value is -0.570. The van der Waals surface area contributed by atoms with Crippen LogP contribution < -0.4 is 0 Å². The molecule has 0 spiro atoms. The number of hydrogen-bond donors (Lipinski definition) is 1. The molecule has 1 heterocycles. The lowest BCUT2D eigenvalue weighted by Gasteiger charge is -2.57. The van der Waals surface area contributed by atoms with Gasteiger partial charge in [-0.05, 0) is 87.6 Å². The van der Waals surface area contributed by atoms with Crippen molar-refractivity contribution in [3.63, 3.8) is 0 Å². The van der Waals surface area contributed by atoms with Gasteiger partial charge >= 0.3 is 5.97 Å². The summed E-state index contributed by atoms with van der Waals surface area (Å²) in [5, 5.41) is 9.10. The highest BCUT2D eigenvalue weighted by Crippen LogP contribution is 2.61. The van der Waals surface area contributed by atoms with E-state index in [-0.39, 0.29) is 5.92 Å². The van der Waals surface area contributed by atoms with Crippen molar-refractivity contribution in [1.82, 2.24) is 4.90 Å². The van der Waals surface area contributed by atoms with Gasteiger partial charge in [-0.15, -0.1) is 0 Å². The van der Waals surface area contributed by atoms with E-state index in [2.05, 4.69) is 4.90 Å². The van der Waals surface area contributed by atoms with Crippen molar-refractivity contribution < 1.29 is 9.90 Å². The van der Waals surface area contributed by atoms with Gasteiger partial charge in [0.15, 0.2) is 0 Å². The maximum absolute atomic E-state index is 11.0. The maximum Gasteiger partial charge on any atom is 0.307 e. The maximum atomic E-state index is 11.0. The lowest BCUT2D eigenvalue weighted by Crippen LogP contribution is -2.47. The largest absolute Gasteiger partial charge is 0.481 e. The highest BCUT2D eigenvalue weighted by Gasteiger charge is 2.50. The van der Waals surface area contributed by atoms with Gasteiger partial charge in [0, 0.05) is 6.54 Å². The number of likely N-dealkylation sites (tertiary alicyclic amines) is 1. The number of hydrogen-bond acceptors (Lipinski definition) is 2. The van der Waals surface area contributed by atoms with Crippen molar-refractivity contribution in [2.45, 2.75) is 51.4 Å². The summed E-state index contributed by atoms with van der Waals surface area (Å²) in [5.41, 5.74) is 0.649. The fourth-order valence-corrected chi connectivity index (χ4v) is 6.23. The van der Waals surface area contributed by atoms with Crippen LogP contribution in [-0.2, 0) is 4.79 Å². The fraction of sp³-hybridized carbons (Fsp3) is 0.941. The molecule has 1 saturated heterocycles. The molecule has 5 rings (SSSR count).